The molecule has 0 aromatic heterocycles. The lowest BCUT2D eigenvalue weighted by Crippen LogP contribution is -1.93. The Morgan fingerprint density at radius 3 is 1.25 bits per heavy atom. The summed E-state index contributed by atoms with van der Waals surface area (Å²) in [5, 5.41) is 13.8. The lowest BCUT2D eigenvalue weighted by Gasteiger charge is -1.61. The summed E-state index contributed by atoms with van der Waals surface area (Å²) in [5.41, 5.74) is 0.750. The Bertz CT molecular complexity index is 3.25. The standard InChI is InChI=1S/H3NO2.H2O/c2-1-3;/h1-3H;1H2. The predicted molar refractivity (Wildman–Crippen MR) is 10.3 cm³/mol. The van der Waals surface area contributed by atoms with Gasteiger partial charge in [0.2, 0.25) is 0 Å². The van der Waals surface area contributed by atoms with Gasteiger partial charge in [0.05, 0.1) is 0 Å². The van der Waals surface area contributed by atoms with E-state index in [9.17, 15) is 0 Å². The number of hydrogen-bond acceptors (Lipinski definition) is 3. The summed E-state index contributed by atoms with van der Waals surface area (Å²) in [7, 11) is 0. The smallest absolute Gasteiger partial charge is 0.0853 e. The maximum atomic E-state index is 6.88. The van der Waals surface area contributed by atoms with Crippen molar-refractivity contribution in [3.05, 3.63) is 0 Å². The monoisotopic (exact) mass is 67.0 g/mol. The number of hydrogen-bond donors (Lipinski definition) is 3. The summed E-state index contributed by atoms with van der Waals surface area (Å²) >= 11 is 0. The van der Waals surface area contributed by atoms with Gasteiger partial charge in [-0.25, -0.2) is 0 Å². The minimum atomic E-state index is 0. The van der Waals surface area contributed by atoms with E-state index in [2.05, 4.69) is 0 Å². The van der Waals surface area contributed by atoms with Crippen molar-refractivity contribution >= 4 is 0 Å². The summed E-state index contributed by atoms with van der Waals surface area (Å²) < 4.78 is 0. The van der Waals surface area contributed by atoms with E-state index in [4.69, 9.17) is 10.4 Å². The molecule has 4 heavy (non-hydrogen) atoms. The molecule has 0 saturated heterocycles. The van der Waals surface area contributed by atoms with Crippen LogP contribution in [0.25, 0.3) is 0 Å². The Kier molecular flexibility index (Phi) is 31.2. The van der Waals surface area contributed by atoms with Gasteiger partial charge in [0.1, 0.15) is 0 Å². The summed E-state index contributed by atoms with van der Waals surface area (Å²) in [6.07, 6.45) is 0. The third-order valence-electron chi connectivity index (χ3n) is 0. The molecule has 0 bridgehead atoms. The van der Waals surface area contributed by atoms with Crippen molar-refractivity contribution in [2.45, 2.75) is 0 Å². The fourth-order valence-electron chi connectivity index (χ4n) is 0. The van der Waals surface area contributed by atoms with Crippen LogP contribution in [0, 0.1) is 0 Å². The second kappa shape index (κ2) is 13.6. The molecule has 0 unspecified atom stereocenters. The molecule has 0 radical (unpaired) electrons. The van der Waals surface area contributed by atoms with Gasteiger partial charge in [-0.3, -0.25) is 10.4 Å². The topological polar surface area (TPSA) is 84.0 Å². The average Bonchev–Trinajstić information content (AvgIpc) is 0.918. The van der Waals surface area contributed by atoms with E-state index in [1.165, 1.54) is 0 Å². The normalized spacial score (nSPS) is 4.50. The molecule has 0 fully saturated rings. The minimum absolute atomic E-state index is 0. The van der Waals surface area contributed by atoms with Crippen molar-refractivity contribution in [3.8, 4) is 0 Å². The summed E-state index contributed by atoms with van der Waals surface area (Å²) in [6, 6.07) is 0. The van der Waals surface area contributed by atoms with E-state index in [0.29, 0.717) is 0 Å². The molecule has 5 N–H and O–H groups in total. The van der Waals surface area contributed by atoms with Crippen LogP contribution < -0.4 is 5.64 Å². The Labute approximate surface area is 22.9 Å². The first-order valence-corrected chi connectivity index (χ1v) is 0.447. The maximum Gasteiger partial charge on any atom is -0.0853 e. The minimum Gasteiger partial charge on any atom is -0.412 e. The first kappa shape index (κ1) is 9.15. The van der Waals surface area contributed by atoms with E-state index < -0.39 is 0 Å². The molecule has 0 rings (SSSR count). The van der Waals surface area contributed by atoms with Crippen molar-refractivity contribution < 1.29 is 15.9 Å². The van der Waals surface area contributed by atoms with Crippen LogP contribution in [0.1, 0.15) is 0 Å². The molecule has 0 aromatic carbocycles. The van der Waals surface area contributed by atoms with Gasteiger partial charge in [0.25, 0.3) is 0 Å². The highest BCUT2D eigenvalue weighted by atomic mass is 16.7. The fraction of sp³-hybridized carbons (Fsp3) is 0. The molecule has 4 heteroatoms. The van der Waals surface area contributed by atoms with Crippen molar-refractivity contribution in [2.75, 3.05) is 0 Å². The summed E-state index contributed by atoms with van der Waals surface area (Å²) in [4.78, 5) is 0. The van der Waals surface area contributed by atoms with Crippen LogP contribution in [0.5, 0.6) is 0 Å². The Morgan fingerprint density at radius 1 is 1.25 bits per heavy atom. The third-order valence-corrected chi connectivity index (χ3v) is 0. The summed E-state index contributed by atoms with van der Waals surface area (Å²) in [5.74, 6) is 0. The quantitative estimate of drug-likeness (QED) is 0.302. The van der Waals surface area contributed by atoms with Gasteiger partial charge < -0.3 is 5.48 Å². The van der Waals surface area contributed by atoms with Gasteiger partial charge in [-0.15, -0.1) is 0 Å². The average molecular weight is 67.0 g/mol. The van der Waals surface area contributed by atoms with Gasteiger partial charge >= 0.3 is 0 Å². The lowest BCUT2D eigenvalue weighted by molar-refractivity contribution is -0.0678. The molecule has 0 spiro atoms. The maximum absolute atomic E-state index is 6.88. The van der Waals surface area contributed by atoms with Crippen LogP contribution in [0.2, 0.25) is 0 Å². The zero-order chi connectivity index (χ0) is 2.71. The van der Waals surface area contributed by atoms with Gasteiger partial charge in [0, 0.05) is 0 Å². The molecule has 0 amide bonds. The Hall–Kier alpha value is -0.160. The zero-order valence-electron chi connectivity index (χ0n) is 1.89. The van der Waals surface area contributed by atoms with Crippen molar-refractivity contribution in [1.29, 1.82) is 0 Å². The Morgan fingerprint density at radius 2 is 1.25 bits per heavy atom. The van der Waals surface area contributed by atoms with Crippen molar-refractivity contribution in [1.82, 2.24) is 5.64 Å². The van der Waals surface area contributed by atoms with Crippen LogP contribution in [0.15, 0.2) is 0 Å². The fourth-order valence-corrected chi connectivity index (χ4v) is 0. The third kappa shape index (κ3) is 50.7. The summed E-state index contributed by atoms with van der Waals surface area (Å²) in [6.45, 7) is 0. The first-order chi connectivity index (χ1) is 1.41. The highest BCUT2D eigenvalue weighted by Crippen LogP contribution is 0.931. The molecule has 0 atom stereocenters. The zero-order valence-corrected chi connectivity index (χ0v) is 1.89. The molecule has 0 aliphatic heterocycles. The van der Waals surface area contributed by atoms with Crippen LogP contribution in [-0.2, 0) is 0 Å². The van der Waals surface area contributed by atoms with Crippen molar-refractivity contribution in [3.63, 3.8) is 0 Å². The largest absolute Gasteiger partial charge is 0.412 e. The van der Waals surface area contributed by atoms with Crippen LogP contribution in [0.4, 0.5) is 0 Å². The molecule has 0 aromatic rings. The van der Waals surface area contributed by atoms with E-state index in [0.717, 1.165) is 5.64 Å². The first-order valence-electron chi connectivity index (χ1n) is 0.447. The van der Waals surface area contributed by atoms with Gasteiger partial charge in [-0.2, -0.15) is 0 Å². The van der Waals surface area contributed by atoms with E-state index in [-0.39, 0.29) is 5.48 Å². The molecular formula is H5NO3. The highest BCUT2D eigenvalue weighted by Gasteiger charge is 1.23. The highest BCUT2D eigenvalue weighted by molar-refractivity contribution is 3.07. The second-order valence-electron chi connectivity index (χ2n) is 0.100. The van der Waals surface area contributed by atoms with Crippen molar-refractivity contribution in [2.24, 2.45) is 0 Å². The molecular weight excluding hydrogens is 62.0 g/mol. The van der Waals surface area contributed by atoms with Gasteiger partial charge in [-0.05, 0) is 0 Å². The second-order valence-corrected chi connectivity index (χ2v) is 0.100. The molecule has 0 saturated carbocycles. The van der Waals surface area contributed by atoms with Crippen LogP contribution >= 0.6 is 0 Å². The van der Waals surface area contributed by atoms with Crippen LogP contribution in [-0.4, -0.2) is 15.9 Å². The lowest BCUT2D eigenvalue weighted by atomic mass is 13.3. The number of rotatable bonds is 0. The van der Waals surface area contributed by atoms with Gasteiger partial charge in [0.15, 0.2) is 0 Å². The van der Waals surface area contributed by atoms with E-state index >= 15 is 0 Å². The molecule has 4 nitrogen and oxygen atoms in total. The Balaban J connectivity index is 0. The van der Waals surface area contributed by atoms with E-state index in [1.807, 2.05) is 0 Å². The molecule has 0 aliphatic carbocycles. The number of nitrogens with one attached hydrogen (secondary N) is 1. The predicted octanol–water partition coefficient (Wildman–Crippen LogP) is -1.47. The molecule has 0 heterocycles. The SMILES string of the molecule is O.ONO. The van der Waals surface area contributed by atoms with Crippen LogP contribution in [0.3, 0.4) is 0 Å². The van der Waals surface area contributed by atoms with Gasteiger partial charge in [-0.1, -0.05) is 5.64 Å². The molecule has 28 valence electrons. The molecule has 0 aliphatic rings. The van der Waals surface area contributed by atoms with E-state index in [1.54, 1.807) is 0 Å².